The Kier molecular flexibility index (Phi) is 2.17. The van der Waals surface area contributed by atoms with Crippen molar-refractivity contribution >= 4 is 21.5 Å². The highest BCUT2D eigenvalue weighted by Gasteiger charge is 2.25. The van der Waals surface area contributed by atoms with Crippen LogP contribution in [0.4, 0.5) is 5.69 Å². The first kappa shape index (κ1) is 10.3. The van der Waals surface area contributed by atoms with Crippen LogP contribution in [0.1, 0.15) is 12.5 Å². The number of hydrogen-bond donors (Lipinski definition) is 1. The van der Waals surface area contributed by atoms with Gasteiger partial charge < -0.3 is 0 Å². The van der Waals surface area contributed by atoms with E-state index in [1.807, 2.05) is 18.5 Å². The fourth-order valence-electron chi connectivity index (χ4n) is 1.79. The van der Waals surface area contributed by atoms with Gasteiger partial charge in [-0.25, -0.2) is 4.58 Å². The number of fused-ring (bicyclic) bond motifs is 1. The summed E-state index contributed by atoms with van der Waals surface area (Å²) in [7, 11) is -2.15. The van der Waals surface area contributed by atoms with Crippen LogP contribution in [-0.4, -0.2) is 30.3 Å². The number of hydrogen-bond acceptors (Lipinski definition) is 2. The summed E-state index contributed by atoms with van der Waals surface area (Å²) in [4.78, 5) is -0.0376. The van der Waals surface area contributed by atoms with Gasteiger partial charge in [-0.2, -0.15) is 8.42 Å². The van der Waals surface area contributed by atoms with E-state index in [-0.39, 0.29) is 4.90 Å². The Morgan fingerprint density at radius 3 is 2.67 bits per heavy atom. The molecule has 1 aromatic carbocycles. The van der Waals surface area contributed by atoms with Crippen LogP contribution < -0.4 is 0 Å². The molecule has 0 bridgehead atoms. The minimum absolute atomic E-state index is 0.0376. The Labute approximate surface area is 88.6 Å². The van der Waals surface area contributed by atoms with E-state index in [4.69, 9.17) is 4.55 Å². The van der Waals surface area contributed by atoms with Gasteiger partial charge in [-0.3, -0.25) is 4.55 Å². The van der Waals surface area contributed by atoms with E-state index in [9.17, 15) is 8.42 Å². The summed E-state index contributed by atoms with van der Waals surface area (Å²) in [5.41, 5.74) is 3.10. The van der Waals surface area contributed by atoms with Crippen molar-refractivity contribution in [3.63, 3.8) is 0 Å². The second-order valence-corrected chi connectivity index (χ2v) is 5.16. The molecule has 1 aromatic rings. The molecule has 0 saturated carbocycles. The third-order valence-electron chi connectivity index (χ3n) is 2.73. The lowest BCUT2D eigenvalue weighted by Gasteiger charge is -1.98. The van der Waals surface area contributed by atoms with Gasteiger partial charge in [0, 0.05) is 18.6 Å². The predicted molar refractivity (Wildman–Crippen MR) is 56.5 cm³/mol. The zero-order valence-electron chi connectivity index (χ0n) is 8.56. The Hall–Kier alpha value is -1.20. The topological polar surface area (TPSA) is 57.4 Å². The highest BCUT2D eigenvalue weighted by molar-refractivity contribution is 7.85. The zero-order valence-corrected chi connectivity index (χ0v) is 9.37. The number of benzene rings is 1. The third-order valence-corrected chi connectivity index (χ3v) is 3.58. The van der Waals surface area contributed by atoms with Crippen LogP contribution >= 0.6 is 0 Å². The van der Waals surface area contributed by atoms with E-state index in [2.05, 4.69) is 0 Å². The molecule has 5 heteroatoms. The summed E-state index contributed by atoms with van der Waals surface area (Å²) >= 11 is 0. The maximum absolute atomic E-state index is 10.9. The molecule has 0 amide bonds. The molecule has 15 heavy (non-hydrogen) atoms. The Morgan fingerprint density at radius 1 is 1.40 bits per heavy atom. The molecule has 80 valence electrons. The van der Waals surface area contributed by atoms with Crippen molar-refractivity contribution in [2.45, 2.75) is 18.2 Å². The molecule has 0 fully saturated rings. The van der Waals surface area contributed by atoms with Crippen LogP contribution in [0.2, 0.25) is 0 Å². The van der Waals surface area contributed by atoms with Crippen molar-refractivity contribution < 1.29 is 17.5 Å². The molecule has 0 saturated heterocycles. The van der Waals surface area contributed by atoms with Gasteiger partial charge >= 0.3 is 0 Å². The second kappa shape index (κ2) is 3.15. The molecule has 0 radical (unpaired) electrons. The largest absolute Gasteiger partial charge is 0.294 e. The molecule has 0 aliphatic carbocycles. The minimum atomic E-state index is -4.09. The molecule has 0 spiro atoms. The van der Waals surface area contributed by atoms with Gasteiger partial charge in [0.2, 0.25) is 5.69 Å². The van der Waals surface area contributed by atoms with Crippen LogP contribution in [0, 0.1) is 0 Å². The lowest BCUT2D eigenvalue weighted by molar-refractivity contribution is -0.402. The zero-order chi connectivity index (χ0) is 11.2. The SMILES string of the molecule is CC1=[N+](C)c2ccc(S(=O)(=O)O)cc2C1. The van der Waals surface area contributed by atoms with Crippen molar-refractivity contribution in [2.75, 3.05) is 7.05 Å². The molecular formula is C10H12NO3S+. The van der Waals surface area contributed by atoms with E-state index < -0.39 is 10.1 Å². The summed E-state index contributed by atoms with van der Waals surface area (Å²) < 4.78 is 32.8. The van der Waals surface area contributed by atoms with Crippen molar-refractivity contribution in [3.8, 4) is 0 Å². The fraction of sp³-hybridized carbons (Fsp3) is 0.300. The first-order valence-electron chi connectivity index (χ1n) is 4.56. The lowest BCUT2D eigenvalue weighted by atomic mass is 10.1. The van der Waals surface area contributed by atoms with Crippen LogP contribution in [-0.2, 0) is 16.5 Å². The molecule has 0 aromatic heterocycles. The number of nitrogens with zero attached hydrogens (tertiary/aromatic N) is 1. The predicted octanol–water partition coefficient (Wildman–Crippen LogP) is 1.22. The molecule has 0 atom stereocenters. The van der Waals surface area contributed by atoms with Crippen molar-refractivity contribution in [3.05, 3.63) is 23.8 Å². The Balaban J connectivity index is 2.57. The van der Waals surface area contributed by atoms with Crippen LogP contribution in [0.15, 0.2) is 23.1 Å². The standard InChI is InChI=1S/C10H11NO3S/c1-7-5-8-6-9(15(12,13)14)3-4-10(8)11(7)2/h3-4,6H,5H2,1-2H3/p+1. The molecule has 1 aliphatic rings. The van der Waals surface area contributed by atoms with Gasteiger partial charge in [-0.1, -0.05) is 0 Å². The highest BCUT2D eigenvalue weighted by atomic mass is 32.2. The van der Waals surface area contributed by atoms with Gasteiger partial charge in [0.1, 0.15) is 7.05 Å². The van der Waals surface area contributed by atoms with Crippen molar-refractivity contribution in [2.24, 2.45) is 0 Å². The molecule has 1 N–H and O–H groups in total. The van der Waals surface area contributed by atoms with Gasteiger partial charge in [0.15, 0.2) is 5.71 Å². The van der Waals surface area contributed by atoms with Gasteiger partial charge in [-0.15, -0.1) is 0 Å². The normalized spacial score (nSPS) is 15.7. The second-order valence-electron chi connectivity index (χ2n) is 3.74. The smallest absolute Gasteiger partial charge is 0.282 e. The first-order chi connectivity index (χ1) is 6.89. The first-order valence-corrected chi connectivity index (χ1v) is 6.00. The average Bonchev–Trinajstić information content (AvgIpc) is 2.41. The molecule has 1 aliphatic heterocycles. The maximum atomic E-state index is 10.9. The minimum Gasteiger partial charge on any atom is -0.282 e. The summed E-state index contributed by atoms with van der Waals surface area (Å²) in [6.07, 6.45) is 0.731. The molecule has 4 nitrogen and oxygen atoms in total. The number of rotatable bonds is 1. The molecule has 1 heterocycles. The Bertz CT molecular complexity index is 558. The van der Waals surface area contributed by atoms with E-state index in [0.717, 1.165) is 23.4 Å². The van der Waals surface area contributed by atoms with Crippen molar-refractivity contribution in [1.29, 1.82) is 0 Å². The summed E-state index contributed by atoms with van der Waals surface area (Å²) in [5, 5.41) is 0. The van der Waals surface area contributed by atoms with Crippen LogP contribution in [0.5, 0.6) is 0 Å². The highest BCUT2D eigenvalue weighted by Crippen LogP contribution is 2.27. The van der Waals surface area contributed by atoms with E-state index in [1.54, 1.807) is 6.07 Å². The third kappa shape index (κ3) is 1.68. The molecule has 0 unspecified atom stereocenters. The quantitative estimate of drug-likeness (QED) is 0.578. The fourth-order valence-corrected chi connectivity index (χ4v) is 2.32. The summed E-state index contributed by atoms with van der Waals surface area (Å²) in [6.45, 7) is 1.99. The summed E-state index contributed by atoms with van der Waals surface area (Å²) in [5.74, 6) is 0. The van der Waals surface area contributed by atoms with Gasteiger partial charge in [0.05, 0.1) is 11.3 Å². The van der Waals surface area contributed by atoms with Gasteiger partial charge in [0.25, 0.3) is 10.1 Å². The van der Waals surface area contributed by atoms with Crippen LogP contribution in [0.25, 0.3) is 0 Å². The van der Waals surface area contributed by atoms with Crippen LogP contribution in [0.3, 0.4) is 0 Å². The van der Waals surface area contributed by atoms with Crippen molar-refractivity contribution in [1.82, 2.24) is 0 Å². The monoisotopic (exact) mass is 226 g/mol. The Morgan fingerprint density at radius 2 is 2.07 bits per heavy atom. The van der Waals surface area contributed by atoms with Gasteiger partial charge in [-0.05, 0) is 12.1 Å². The maximum Gasteiger partial charge on any atom is 0.294 e. The molecular weight excluding hydrogens is 214 g/mol. The van der Waals surface area contributed by atoms with E-state index in [0.29, 0.717) is 0 Å². The average molecular weight is 226 g/mol. The van der Waals surface area contributed by atoms with E-state index in [1.165, 1.54) is 12.1 Å². The lowest BCUT2D eigenvalue weighted by Crippen LogP contribution is -2.02. The summed E-state index contributed by atoms with van der Waals surface area (Å²) in [6, 6.07) is 4.66. The van der Waals surface area contributed by atoms with E-state index >= 15 is 0 Å². The molecule has 2 rings (SSSR count).